The van der Waals surface area contributed by atoms with Crippen molar-refractivity contribution in [2.24, 2.45) is 11.5 Å². The first-order valence-corrected chi connectivity index (χ1v) is 2.54. The Bertz CT molecular complexity index is 80.1. The van der Waals surface area contributed by atoms with Crippen molar-refractivity contribution in [1.82, 2.24) is 0 Å². The van der Waals surface area contributed by atoms with E-state index in [9.17, 15) is 0 Å². The predicted octanol–water partition coefficient (Wildman–Crippen LogP) is -1.40. The van der Waals surface area contributed by atoms with Crippen LogP contribution in [0.25, 0.3) is 0 Å². The second-order valence-corrected chi connectivity index (χ2v) is 1.71. The Balaban J connectivity index is 2.40. The Morgan fingerprint density at radius 2 is 1.88 bits per heavy atom. The summed E-state index contributed by atoms with van der Waals surface area (Å²) in [4.78, 5) is 0. The minimum atomic E-state index is -0.986. The number of rotatable bonds is 1. The lowest BCUT2D eigenvalue weighted by molar-refractivity contribution is -0.143. The maximum Gasteiger partial charge on any atom is 0.237 e. The van der Waals surface area contributed by atoms with Crippen LogP contribution in [0.5, 0.6) is 0 Å². The first kappa shape index (κ1) is 5.97. The van der Waals surface area contributed by atoms with Gasteiger partial charge in [0, 0.05) is 0 Å². The van der Waals surface area contributed by atoms with Gasteiger partial charge in [-0.15, -0.1) is 0 Å². The predicted molar refractivity (Wildman–Crippen MR) is 27.9 cm³/mol. The van der Waals surface area contributed by atoms with Gasteiger partial charge in [-0.25, -0.2) is 0 Å². The maximum atomic E-state index is 5.39. The highest BCUT2D eigenvalue weighted by Crippen LogP contribution is 2.09. The molecule has 48 valence electrons. The summed E-state index contributed by atoms with van der Waals surface area (Å²) in [6.07, 6.45) is 0. The lowest BCUT2D eigenvalue weighted by Crippen LogP contribution is -2.47. The van der Waals surface area contributed by atoms with Gasteiger partial charge in [0.25, 0.3) is 0 Å². The average molecular weight is 118 g/mol. The van der Waals surface area contributed by atoms with Gasteiger partial charge in [-0.2, -0.15) is 0 Å². The van der Waals surface area contributed by atoms with E-state index in [2.05, 4.69) is 0 Å². The third-order valence-electron chi connectivity index (χ3n) is 1.06. The van der Waals surface area contributed by atoms with Gasteiger partial charge in [-0.3, -0.25) is 5.73 Å². The van der Waals surface area contributed by atoms with Crippen molar-refractivity contribution in [3.8, 4) is 0 Å². The van der Waals surface area contributed by atoms with Gasteiger partial charge >= 0.3 is 0 Å². The molecule has 0 aromatic carbocycles. The van der Waals surface area contributed by atoms with E-state index in [1.54, 1.807) is 0 Å². The monoisotopic (exact) mass is 118 g/mol. The standard InChI is InChI=1S/C4H10N2O2/c5-3-4(6)7-1-2-8-4/h1-3,5-6H2. The second kappa shape index (κ2) is 1.99. The highest BCUT2D eigenvalue weighted by Gasteiger charge is 2.29. The molecule has 0 aliphatic carbocycles. The van der Waals surface area contributed by atoms with E-state index < -0.39 is 5.91 Å². The number of hydrogen-bond donors (Lipinski definition) is 2. The molecule has 1 fully saturated rings. The van der Waals surface area contributed by atoms with Crippen LogP contribution >= 0.6 is 0 Å². The molecule has 4 N–H and O–H groups in total. The molecule has 0 radical (unpaired) electrons. The zero-order valence-electron chi connectivity index (χ0n) is 4.59. The number of ether oxygens (including phenoxy) is 2. The van der Waals surface area contributed by atoms with Crippen molar-refractivity contribution in [3.63, 3.8) is 0 Å². The van der Waals surface area contributed by atoms with Crippen LogP contribution in [0.3, 0.4) is 0 Å². The van der Waals surface area contributed by atoms with Gasteiger partial charge in [0.1, 0.15) is 0 Å². The van der Waals surface area contributed by atoms with Gasteiger partial charge in [0.05, 0.1) is 19.8 Å². The van der Waals surface area contributed by atoms with Crippen LogP contribution in [0, 0.1) is 0 Å². The van der Waals surface area contributed by atoms with Crippen LogP contribution in [0.2, 0.25) is 0 Å². The molecular weight excluding hydrogens is 108 g/mol. The lowest BCUT2D eigenvalue weighted by atomic mass is 10.5. The fourth-order valence-electron chi connectivity index (χ4n) is 0.588. The highest BCUT2D eigenvalue weighted by molar-refractivity contribution is 4.65. The Morgan fingerprint density at radius 1 is 1.38 bits per heavy atom. The van der Waals surface area contributed by atoms with Gasteiger partial charge < -0.3 is 15.2 Å². The first-order chi connectivity index (χ1) is 3.77. The van der Waals surface area contributed by atoms with Crippen LogP contribution in [-0.4, -0.2) is 25.7 Å². The molecule has 1 rings (SSSR count). The number of nitrogens with two attached hydrogens (primary N) is 2. The largest absolute Gasteiger partial charge is 0.334 e. The van der Waals surface area contributed by atoms with E-state index >= 15 is 0 Å². The van der Waals surface area contributed by atoms with E-state index in [-0.39, 0.29) is 6.54 Å². The molecule has 0 amide bonds. The first-order valence-electron chi connectivity index (χ1n) is 2.54. The Morgan fingerprint density at radius 3 is 2.12 bits per heavy atom. The smallest absolute Gasteiger partial charge is 0.237 e. The summed E-state index contributed by atoms with van der Waals surface area (Å²) >= 11 is 0. The third kappa shape index (κ3) is 0.976. The Kier molecular flexibility index (Phi) is 1.48. The molecule has 1 aliphatic heterocycles. The molecule has 0 atom stereocenters. The van der Waals surface area contributed by atoms with Crippen LogP contribution in [0.4, 0.5) is 0 Å². The van der Waals surface area contributed by atoms with Crippen molar-refractivity contribution >= 4 is 0 Å². The second-order valence-electron chi connectivity index (χ2n) is 1.71. The van der Waals surface area contributed by atoms with Crippen molar-refractivity contribution < 1.29 is 9.47 Å². The molecule has 0 bridgehead atoms. The molecule has 0 aromatic rings. The van der Waals surface area contributed by atoms with Gasteiger partial charge in [0.15, 0.2) is 0 Å². The highest BCUT2D eigenvalue weighted by atomic mass is 16.8. The fraction of sp³-hybridized carbons (Fsp3) is 1.00. The summed E-state index contributed by atoms with van der Waals surface area (Å²) in [5.41, 5.74) is 10.6. The molecule has 1 heterocycles. The SMILES string of the molecule is NCC1(N)OCCO1. The third-order valence-corrected chi connectivity index (χ3v) is 1.06. The van der Waals surface area contributed by atoms with Crippen LogP contribution in [0.1, 0.15) is 0 Å². The van der Waals surface area contributed by atoms with E-state index in [0.29, 0.717) is 13.2 Å². The normalized spacial score (nSPS) is 26.2. The van der Waals surface area contributed by atoms with Crippen molar-refractivity contribution in [2.45, 2.75) is 5.91 Å². The van der Waals surface area contributed by atoms with Crippen LogP contribution in [-0.2, 0) is 9.47 Å². The zero-order chi connectivity index (χ0) is 6.04. The molecule has 0 aromatic heterocycles. The van der Waals surface area contributed by atoms with Crippen molar-refractivity contribution in [2.75, 3.05) is 19.8 Å². The maximum absolute atomic E-state index is 5.39. The van der Waals surface area contributed by atoms with E-state index in [4.69, 9.17) is 20.9 Å². The van der Waals surface area contributed by atoms with Gasteiger partial charge in [0.2, 0.25) is 5.91 Å². The Labute approximate surface area is 47.7 Å². The fourth-order valence-corrected chi connectivity index (χ4v) is 0.588. The van der Waals surface area contributed by atoms with Crippen molar-refractivity contribution in [1.29, 1.82) is 0 Å². The summed E-state index contributed by atoms with van der Waals surface area (Å²) in [5, 5.41) is 0. The summed E-state index contributed by atoms with van der Waals surface area (Å²) in [7, 11) is 0. The minimum absolute atomic E-state index is 0.215. The van der Waals surface area contributed by atoms with Gasteiger partial charge in [-0.1, -0.05) is 0 Å². The molecule has 1 saturated heterocycles. The van der Waals surface area contributed by atoms with E-state index in [1.165, 1.54) is 0 Å². The van der Waals surface area contributed by atoms with Gasteiger partial charge in [-0.05, 0) is 0 Å². The molecule has 0 saturated carbocycles. The summed E-state index contributed by atoms with van der Waals surface area (Å²) < 4.78 is 9.84. The molecule has 0 unspecified atom stereocenters. The number of hydrogen-bond acceptors (Lipinski definition) is 4. The molecule has 4 heteroatoms. The minimum Gasteiger partial charge on any atom is -0.334 e. The molecule has 8 heavy (non-hydrogen) atoms. The summed E-state index contributed by atoms with van der Waals surface area (Å²) in [5.74, 6) is -0.986. The quantitative estimate of drug-likeness (QED) is 0.444. The zero-order valence-corrected chi connectivity index (χ0v) is 4.59. The lowest BCUT2D eigenvalue weighted by Gasteiger charge is -2.18. The Hall–Kier alpha value is -0.160. The van der Waals surface area contributed by atoms with E-state index in [1.807, 2.05) is 0 Å². The molecular formula is C4H10N2O2. The average Bonchev–Trinajstić information content (AvgIpc) is 2.17. The molecule has 1 aliphatic rings. The van der Waals surface area contributed by atoms with Crippen LogP contribution in [0.15, 0.2) is 0 Å². The van der Waals surface area contributed by atoms with Crippen molar-refractivity contribution in [3.05, 3.63) is 0 Å². The topological polar surface area (TPSA) is 70.5 Å². The summed E-state index contributed by atoms with van der Waals surface area (Å²) in [6, 6.07) is 0. The van der Waals surface area contributed by atoms with Crippen LogP contribution < -0.4 is 11.5 Å². The summed E-state index contributed by atoms with van der Waals surface area (Å²) in [6.45, 7) is 1.31. The molecule has 0 spiro atoms. The van der Waals surface area contributed by atoms with E-state index in [0.717, 1.165) is 0 Å². The molecule has 4 nitrogen and oxygen atoms in total.